The standard InChI is InChI=1S/C16H20N2O2/c1-11-5-7-13(10-15(11)17)16(19)18-12(2)6-8-14-4-3-9-20-14/h3-5,7,9-10,12H,6,8,17H2,1-2H3,(H,18,19). The van der Waals surface area contributed by atoms with Crippen molar-refractivity contribution in [2.45, 2.75) is 32.7 Å². The van der Waals surface area contributed by atoms with Crippen LogP contribution < -0.4 is 11.1 Å². The van der Waals surface area contributed by atoms with Crippen LogP contribution in [0.5, 0.6) is 0 Å². The molecule has 1 atom stereocenters. The van der Waals surface area contributed by atoms with Crippen LogP contribution in [-0.4, -0.2) is 11.9 Å². The molecular formula is C16H20N2O2. The molecule has 4 nitrogen and oxygen atoms in total. The third kappa shape index (κ3) is 3.63. The highest BCUT2D eigenvalue weighted by atomic mass is 16.3. The maximum absolute atomic E-state index is 12.1. The topological polar surface area (TPSA) is 68.3 Å². The number of nitrogens with two attached hydrogens (primary N) is 1. The van der Waals surface area contributed by atoms with Crippen LogP contribution in [0.3, 0.4) is 0 Å². The van der Waals surface area contributed by atoms with Crippen LogP contribution in [0.2, 0.25) is 0 Å². The van der Waals surface area contributed by atoms with Crippen molar-refractivity contribution in [2.24, 2.45) is 0 Å². The normalized spacial score (nSPS) is 12.1. The SMILES string of the molecule is Cc1ccc(C(=O)NC(C)CCc2ccco2)cc1N. The summed E-state index contributed by atoms with van der Waals surface area (Å²) < 4.78 is 5.27. The average molecular weight is 272 g/mol. The number of benzene rings is 1. The Morgan fingerprint density at radius 2 is 2.20 bits per heavy atom. The minimum atomic E-state index is -0.0938. The first-order valence-corrected chi connectivity index (χ1v) is 6.75. The fourth-order valence-corrected chi connectivity index (χ4v) is 1.97. The summed E-state index contributed by atoms with van der Waals surface area (Å²) in [7, 11) is 0. The predicted octanol–water partition coefficient (Wildman–Crippen LogP) is 2.92. The Labute approximate surface area is 119 Å². The monoisotopic (exact) mass is 272 g/mol. The van der Waals surface area contributed by atoms with Gasteiger partial charge in [0.05, 0.1) is 6.26 Å². The number of amides is 1. The Kier molecular flexibility index (Phi) is 4.45. The molecule has 0 aliphatic carbocycles. The molecule has 0 fully saturated rings. The number of carbonyl (C=O) groups is 1. The van der Waals surface area contributed by atoms with E-state index in [1.54, 1.807) is 18.4 Å². The van der Waals surface area contributed by atoms with Gasteiger partial charge in [-0.25, -0.2) is 0 Å². The summed E-state index contributed by atoms with van der Waals surface area (Å²) in [5, 5.41) is 2.97. The van der Waals surface area contributed by atoms with Crippen molar-refractivity contribution in [3.63, 3.8) is 0 Å². The van der Waals surface area contributed by atoms with Gasteiger partial charge < -0.3 is 15.5 Å². The third-order valence-electron chi connectivity index (χ3n) is 3.32. The molecule has 0 aliphatic rings. The number of nitrogen functional groups attached to an aromatic ring is 1. The van der Waals surface area contributed by atoms with Crippen molar-refractivity contribution in [3.8, 4) is 0 Å². The van der Waals surface area contributed by atoms with Crippen molar-refractivity contribution in [1.82, 2.24) is 5.32 Å². The zero-order chi connectivity index (χ0) is 14.5. The molecule has 0 spiro atoms. The van der Waals surface area contributed by atoms with Crippen molar-refractivity contribution in [1.29, 1.82) is 0 Å². The molecule has 1 unspecified atom stereocenters. The highest BCUT2D eigenvalue weighted by molar-refractivity contribution is 5.95. The van der Waals surface area contributed by atoms with E-state index in [1.807, 2.05) is 32.0 Å². The van der Waals surface area contributed by atoms with Crippen LogP contribution in [0.1, 0.15) is 35.0 Å². The molecule has 1 aromatic heterocycles. The van der Waals surface area contributed by atoms with Crippen molar-refractivity contribution in [3.05, 3.63) is 53.5 Å². The molecule has 0 radical (unpaired) electrons. The summed E-state index contributed by atoms with van der Waals surface area (Å²) in [5.74, 6) is 0.842. The van der Waals surface area contributed by atoms with Gasteiger partial charge in [0.25, 0.3) is 5.91 Å². The maximum atomic E-state index is 12.1. The van der Waals surface area contributed by atoms with Crippen LogP contribution in [0, 0.1) is 6.92 Å². The summed E-state index contributed by atoms with van der Waals surface area (Å²) in [6, 6.07) is 9.25. The average Bonchev–Trinajstić information content (AvgIpc) is 2.92. The van der Waals surface area contributed by atoms with Crippen molar-refractivity contribution >= 4 is 11.6 Å². The van der Waals surface area contributed by atoms with Gasteiger partial charge in [-0.1, -0.05) is 6.07 Å². The Balaban J connectivity index is 1.88. The van der Waals surface area contributed by atoms with Crippen LogP contribution in [0.15, 0.2) is 41.0 Å². The van der Waals surface area contributed by atoms with Gasteiger partial charge >= 0.3 is 0 Å². The number of aryl methyl sites for hydroxylation is 2. The first kappa shape index (κ1) is 14.2. The molecule has 106 valence electrons. The van der Waals surface area contributed by atoms with Crippen LogP contribution >= 0.6 is 0 Å². The Morgan fingerprint density at radius 3 is 2.85 bits per heavy atom. The van der Waals surface area contributed by atoms with E-state index in [-0.39, 0.29) is 11.9 Å². The maximum Gasteiger partial charge on any atom is 0.251 e. The second-order valence-corrected chi connectivity index (χ2v) is 5.06. The largest absolute Gasteiger partial charge is 0.469 e. The van der Waals surface area contributed by atoms with Crippen LogP contribution in [-0.2, 0) is 6.42 Å². The van der Waals surface area contributed by atoms with E-state index in [9.17, 15) is 4.79 Å². The second kappa shape index (κ2) is 6.28. The van der Waals surface area contributed by atoms with Crippen molar-refractivity contribution < 1.29 is 9.21 Å². The Hall–Kier alpha value is -2.23. The molecule has 0 saturated carbocycles. The van der Waals surface area contributed by atoms with E-state index >= 15 is 0 Å². The molecule has 3 N–H and O–H groups in total. The molecule has 1 amide bonds. The molecule has 20 heavy (non-hydrogen) atoms. The molecular weight excluding hydrogens is 252 g/mol. The minimum absolute atomic E-state index is 0.0788. The lowest BCUT2D eigenvalue weighted by atomic mass is 10.1. The van der Waals surface area contributed by atoms with Gasteiger partial charge in [-0.05, 0) is 50.1 Å². The van der Waals surface area contributed by atoms with E-state index in [0.717, 1.165) is 24.2 Å². The molecule has 0 bridgehead atoms. The number of rotatable bonds is 5. The van der Waals surface area contributed by atoms with Gasteiger partial charge in [-0.3, -0.25) is 4.79 Å². The Morgan fingerprint density at radius 1 is 1.40 bits per heavy atom. The van der Waals surface area contributed by atoms with E-state index in [2.05, 4.69) is 5.32 Å². The first-order chi connectivity index (χ1) is 9.56. The fraction of sp³-hybridized carbons (Fsp3) is 0.312. The highest BCUT2D eigenvalue weighted by Crippen LogP contribution is 2.13. The summed E-state index contributed by atoms with van der Waals surface area (Å²) in [6.07, 6.45) is 3.30. The second-order valence-electron chi connectivity index (χ2n) is 5.06. The summed E-state index contributed by atoms with van der Waals surface area (Å²) in [4.78, 5) is 12.1. The van der Waals surface area contributed by atoms with E-state index in [1.165, 1.54) is 0 Å². The number of hydrogen-bond donors (Lipinski definition) is 2. The lowest BCUT2D eigenvalue weighted by molar-refractivity contribution is 0.0938. The third-order valence-corrected chi connectivity index (χ3v) is 3.32. The van der Waals surface area contributed by atoms with Crippen LogP contribution in [0.4, 0.5) is 5.69 Å². The Bertz CT molecular complexity index is 576. The first-order valence-electron chi connectivity index (χ1n) is 6.75. The van der Waals surface area contributed by atoms with Gasteiger partial charge in [0.15, 0.2) is 0 Å². The minimum Gasteiger partial charge on any atom is -0.469 e. The quantitative estimate of drug-likeness (QED) is 0.822. The number of anilines is 1. The highest BCUT2D eigenvalue weighted by Gasteiger charge is 2.11. The zero-order valence-corrected chi connectivity index (χ0v) is 11.8. The lowest BCUT2D eigenvalue weighted by Crippen LogP contribution is -2.32. The van der Waals surface area contributed by atoms with E-state index < -0.39 is 0 Å². The number of carbonyl (C=O) groups excluding carboxylic acids is 1. The van der Waals surface area contributed by atoms with Crippen LogP contribution in [0.25, 0.3) is 0 Å². The van der Waals surface area contributed by atoms with E-state index in [4.69, 9.17) is 10.2 Å². The van der Waals surface area contributed by atoms with Gasteiger partial charge in [0.2, 0.25) is 0 Å². The number of furan rings is 1. The molecule has 2 rings (SSSR count). The van der Waals surface area contributed by atoms with Gasteiger partial charge in [-0.15, -0.1) is 0 Å². The fourth-order valence-electron chi connectivity index (χ4n) is 1.97. The van der Waals surface area contributed by atoms with Gasteiger partial charge in [0.1, 0.15) is 5.76 Å². The molecule has 2 aromatic rings. The van der Waals surface area contributed by atoms with Crippen molar-refractivity contribution in [2.75, 3.05) is 5.73 Å². The predicted molar refractivity (Wildman–Crippen MR) is 79.5 cm³/mol. The molecule has 0 saturated heterocycles. The smallest absolute Gasteiger partial charge is 0.251 e. The zero-order valence-electron chi connectivity index (χ0n) is 11.8. The summed E-state index contributed by atoms with van der Waals surface area (Å²) in [5.41, 5.74) is 8.03. The molecule has 1 heterocycles. The molecule has 1 aromatic carbocycles. The number of hydrogen-bond acceptors (Lipinski definition) is 3. The number of nitrogens with one attached hydrogen (secondary N) is 1. The lowest BCUT2D eigenvalue weighted by Gasteiger charge is -2.13. The summed E-state index contributed by atoms with van der Waals surface area (Å²) in [6.45, 7) is 3.90. The van der Waals surface area contributed by atoms with Gasteiger partial charge in [0, 0.05) is 23.7 Å². The van der Waals surface area contributed by atoms with E-state index in [0.29, 0.717) is 11.3 Å². The molecule has 4 heteroatoms. The summed E-state index contributed by atoms with van der Waals surface area (Å²) >= 11 is 0. The van der Waals surface area contributed by atoms with Gasteiger partial charge in [-0.2, -0.15) is 0 Å². The molecule has 0 aliphatic heterocycles.